The SMILES string of the molecule is N[C@@H](c1c(Cl)ccc(Br)c1O)C1CC1. The van der Waals surface area contributed by atoms with Crippen molar-refractivity contribution in [2.75, 3.05) is 0 Å². The quantitative estimate of drug-likeness (QED) is 0.871. The average molecular weight is 277 g/mol. The molecule has 1 aromatic carbocycles. The van der Waals surface area contributed by atoms with Crippen molar-refractivity contribution in [3.8, 4) is 5.75 Å². The molecule has 76 valence electrons. The lowest BCUT2D eigenvalue weighted by Gasteiger charge is -2.15. The second kappa shape index (κ2) is 3.72. The molecule has 0 unspecified atom stereocenters. The molecule has 0 saturated heterocycles. The Balaban J connectivity index is 2.43. The number of nitrogens with two attached hydrogens (primary N) is 1. The molecule has 1 aliphatic carbocycles. The van der Waals surface area contributed by atoms with Crippen LogP contribution in [0.5, 0.6) is 5.75 Å². The zero-order valence-electron chi connectivity index (χ0n) is 7.50. The highest BCUT2D eigenvalue weighted by Crippen LogP contribution is 2.46. The molecule has 1 saturated carbocycles. The summed E-state index contributed by atoms with van der Waals surface area (Å²) in [4.78, 5) is 0. The third-order valence-corrected chi connectivity index (χ3v) is 3.55. The highest BCUT2D eigenvalue weighted by Gasteiger charge is 2.32. The van der Waals surface area contributed by atoms with Crippen molar-refractivity contribution >= 4 is 27.5 Å². The first kappa shape index (κ1) is 10.3. The average Bonchev–Trinajstić information content (AvgIpc) is 2.95. The number of hydrogen-bond donors (Lipinski definition) is 2. The van der Waals surface area contributed by atoms with Crippen molar-refractivity contribution in [2.24, 2.45) is 11.7 Å². The number of aromatic hydroxyl groups is 1. The Bertz CT molecular complexity index is 365. The predicted molar refractivity (Wildman–Crippen MR) is 60.5 cm³/mol. The Labute approximate surface area is 96.2 Å². The van der Waals surface area contributed by atoms with Crippen LogP contribution >= 0.6 is 27.5 Å². The largest absolute Gasteiger partial charge is 0.506 e. The lowest BCUT2D eigenvalue weighted by molar-refractivity contribution is 0.453. The molecular formula is C10H11BrClNO. The van der Waals surface area contributed by atoms with Gasteiger partial charge in [0.1, 0.15) is 5.75 Å². The third kappa shape index (κ3) is 1.76. The van der Waals surface area contributed by atoms with Crippen molar-refractivity contribution in [3.63, 3.8) is 0 Å². The minimum Gasteiger partial charge on any atom is -0.506 e. The van der Waals surface area contributed by atoms with E-state index < -0.39 is 0 Å². The normalized spacial score (nSPS) is 18.2. The van der Waals surface area contributed by atoms with E-state index in [1.54, 1.807) is 12.1 Å². The molecule has 0 spiro atoms. The van der Waals surface area contributed by atoms with Gasteiger partial charge in [0.2, 0.25) is 0 Å². The van der Waals surface area contributed by atoms with E-state index in [9.17, 15) is 5.11 Å². The Morgan fingerprint density at radius 1 is 1.50 bits per heavy atom. The molecule has 2 rings (SSSR count). The van der Waals surface area contributed by atoms with Crippen molar-refractivity contribution < 1.29 is 5.11 Å². The van der Waals surface area contributed by atoms with Crippen molar-refractivity contribution in [3.05, 3.63) is 27.2 Å². The molecule has 4 heteroatoms. The third-order valence-electron chi connectivity index (χ3n) is 2.58. The van der Waals surface area contributed by atoms with Gasteiger partial charge in [0, 0.05) is 16.6 Å². The zero-order valence-corrected chi connectivity index (χ0v) is 9.85. The number of hydrogen-bond acceptors (Lipinski definition) is 2. The Hall–Kier alpha value is -0.250. The van der Waals surface area contributed by atoms with Crippen LogP contribution in [-0.4, -0.2) is 5.11 Å². The van der Waals surface area contributed by atoms with Crippen molar-refractivity contribution in [2.45, 2.75) is 18.9 Å². The van der Waals surface area contributed by atoms with Crippen LogP contribution in [0.15, 0.2) is 16.6 Å². The van der Waals surface area contributed by atoms with Gasteiger partial charge in [0.05, 0.1) is 4.47 Å². The van der Waals surface area contributed by atoms with E-state index in [4.69, 9.17) is 17.3 Å². The lowest BCUT2D eigenvalue weighted by atomic mass is 10.0. The molecule has 1 aromatic rings. The highest BCUT2D eigenvalue weighted by molar-refractivity contribution is 9.10. The van der Waals surface area contributed by atoms with E-state index in [-0.39, 0.29) is 11.8 Å². The number of halogens is 2. The summed E-state index contributed by atoms with van der Waals surface area (Å²) in [7, 11) is 0. The van der Waals surface area contributed by atoms with Gasteiger partial charge >= 0.3 is 0 Å². The van der Waals surface area contributed by atoms with Gasteiger partial charge in [-0.3, -0.25) is 0 Å². The molecule has 1 atom stereocenters. The van der Waals surface area contributed by atoms with Crippen LogP contribution in [0.2, 0.25) is 5.02 Å². The van der Waals surface area contributed by atoms with Gasteiger partial charge in [-0.2, -0.15) is 0 Å². The van der Waals surface area contributed by atoms with Crippen LogP contribution in [0.4, 0.5) is 0 Å². The number of phenolic OH excluding ortho intramolecular Hbond substituents is 1. The Morgan fingerprint density at radius 3 is 2.71 bits per heavy atom. The van der Waals surface area contributed by atoms with Gasteiger partial charge in [-0.15, -0.1) is 0 Å². The summed E-state index contributed by atoms with van der Waals surface area (Å²) >= 11 is 9.26. The molecular weight excluding hydrogens is 265 g/mol. The van der Waals surface area contributed by atoms with Crippen LogP contribution in [0.3, 0.4) is 0 Å². The highest BCUT2D eigenvalue weighted by atomic mass is 79.9. The van der Waals surface area contributed by atoms with Gasteiger partial charge in [-0.1, -0.05) is 11.6 Å². The molecule has 3 N–H and O–H groups in total. The van der Waals surface area contributed by atoms with Gasteiger partial charge < -0.3 is 10.8 Å². The predicted octanol–water partition coefficient (Wildman–Crippen LogP) is 3.22. The number of rotatable bonds is 2. The van der Waals surface area contributed by atoms with Crippen molar-refractivity contribution in [1.82, 2.24) is 0 Å². The second-order valence-electron chi connectivity index (χ2n) is 3.65. The Morgan fingerprint density at radius 2 is 2.14 bits per heavy atom. The molecule has 2 nitrogen and oxygen atoms in total. The molecule has 0 bridgehead atoms. The maximum atomic E-state index is 9.81. The molecule has 0 radical (unpaired) electrons. The summed E-state index contributed by atoms with van der Waals surface area (Å²) in [6.45, 7) is 0. The molecule has 0 heterocycles. The first-order chi connectivity index (χ1) is 6.61. The molecule has 1 fully saturated rings. The molecule has 0 aromatic heterocycles. The van der Waals surface area contributed by atoms with Gasteiger partial charge in [-0.05, 0) is 46.8 Å². The van der Waals surface area contributed by atoms with Gasteiger partial charge in [0.25, 0.3) is 0 Å². The molecule has 0 aliphatic heterocycles. The molecule has 0 amide bonds. The van der Waals surface area contributed by atoms with E-state index in [1.807, 2.05) is 0 Å². The summed E-state index contributed by atoms with van der Waals surface area (Å²) in [5.41, 5.74) is 6.68. The van der Waals surface area contributed by atoms with E-state index in [2.05, 4.69) is 15.9 Å². The second-order valence-corrected chi connectivity index (χ2v) is 4.92. The van der Waals surface area contributed by atoms with Crippen LogP contribution in [-0.2, 0) is 0 Å². The van der Waals surface area contributed by atoms with E-state index in [1.165, 1.54) is 0 Å². The summed E-state index contributed by atoms with van der Waals surface area (Å²) < 4.78 is 0.646. The molecule has 14 heavy (non-hydrogen) atoms. The van der Waals surface area contributed by atoms with Gasteiger partial charge in [0.15, 0.2) is 0 Å². The van der Waals surface area contributed by atoms with Crippen LogP contribution in [0.1, 0.15) is 24.4 Å². The van der Waals surface area contributed by atoms with Crippen LogP contribution in [0.25, 0.3) is 0 Å². The summed E-state index contributed by atoms with van der Waals surface area (Å²) in [5, 5.41) is 10.4. The van der Waals surface area contributed by atoms with Gasteiger partial charge in [-0.25, -0.2) is 0 Å². The monoisotopic (exact) mass is 275 g/mol. The fourth-order valence-corrected chi connectivity index (χ4v) is 2.19. The van der Waals surface area contributed by atoms with Crippen LogP contribution in [0, 0.1) is 5.92 Å². The summed E-state index contributed by atoms with van der Waals surface area (Å²) in [6.07, 6.45) is 2.26. The fourth-order valence-electron chi connectivity index (χ4n) is 1.56. The van der Waals surface area contributed by atoms with E-state index >= 15 is 0 Å². The summed E-state index contributed by atoms with van der Waals surface area (Å²) in [6, 6.07) is 3.34. The Kier molecular flexibility index (Phi) is 2.73. The molecule has 1 aliphatic rings. The van der Waals surface area contributed by atoms with E-state index in [0.717, 1.165) is 12.8 Å². The first-order valence-corrected chi connectivity index (χ1v) is 5.71. The standard InChI is InChI=1S/C10H11BrClNO/c11-6-3-4-7(12)8(10(6)14)9(13)5-1-2-5/h3-5,9,14H,1-2,13H2/t9-/m1/s1. The number of phenols is 1. The number of benzene rings is 1. The smallest absolute Gasteiger partial charge is 0.136 e. The zero-order chi connectivity index (χ0) is 10.3. The van der Waals surface area contributed by atoms with E-state index in [0.29, 0.717) is 21.0 Å². The topological polar surface area (TPSA) is 46.2 Å². The van der Waals surface area contributed by atoms with Crippen LogP contribution < -0.4 is 5.73 Å². The van der Waals surface area contributed by atoms with Crippen molar-refractivity contribution in [1.29, 1.82) is 0 Å². The minimum atomic E-state index is -0.139. The summed E-state index contributed by atoms with van der Waals surface area (Å²) in [5.74, 6) is 0.657. The maximum Gasteiger partial charge on any atom is 0.136 e. The lowest BCUT2D eigenvalue weighted by Crippen LogP contribution is -2.13. The maximum absolute atomic E-state index is 9.81. The minimum absolute atomic E-state index is 0.139. The fraction of sp³-hybridized carbons (Fsp3) is 0.400. The first-order valence-electron chi connectivity index (χ1n) is 4.53.